The van der Waals surface area contributed by atoms with Gasteiger partial charge >= 0.3 is 0 Å². The van der Waals surface area contributed by atoms with Gasteiger partial charge < -0.3 is 4.74 Å². The van der Waals surface area contributed by atoms with Crippen LogP contribution in [0.5, 0.6) is 0 Å². The van der Waals surface area contributed by atoms with Gasteiger partial charge in [-0.2, -0.15) is 0 Å². The van der Waals surface area contributed by atoms with Gasteiger partial charge in [0.05, 0.1) is 5.75 Å². The van der Waals surface area contributed by atoms with E-state index in [1.807, 2.05) is 0 Å². The molecule has 0 aliphatic carbocycles. The van der Waals surface area contributed by atoms with Crippen LogP contribution < -0.4 is 0 Å². The first kappa shape index (κ1) is 13.3. The van der Waals surface area contributed by atoms with Gasteiger partial charge in [-0.25, -0.2) is 9.97 Å². The fourth-order valence-corrected chi connectivity index (χ4v) is 3.43. The molecule has 0 N–H and O–H groups in total. The van der Waals surface area contributed by atoms with Gasteiger partial charge in [-0.05, 0) is 19.4 Å². The third-order valence-corrected chi connectivity index (χ3v) is 4.54. The molecule has 3 nitrogen and oxygen atoms in total. The van der Waals surface area contributed by atoms with E-state index in [1.165, 1.54) is 15.8 Å². The smallest absolute Gasteiger partial charge is 0.128 e. The van der Waals surface area contributed by atoms with E-state index in [-0.39, 0.29) is 0 Å². The number of hydrogen-bond acceptors (Lipinski definition) is 5. The number of thiophene rings is 1. The SMILES string of the molecule is COCC#CCSc1ncnc2sc(C)c(C)c12. The summed E-state index contributed by atoms with van der Waals surface area (Å²) in [6, 6.07) is 0. The molecule has 0 radical (unpaired) electrons. The Hall–Kier alpha value is -1.09. The summed E-state index contributed by atoms with van der Waals surface area (Å²) in [5.41, 5.74) is 1.28. The number of aryl methyl sites for hydroxylation is 2. The van der Waals surface area contributed by atoms with E-state index >= 15 is 0 Å². The second-order valence-electron chi connectivity index (χ2n) is 3.72. The molecule has 5 heteroatoms. The highest BCUT2D eigenvalue weighted by atomic mass is 32.2. The van der Waals surface area contributed by atoms with E-state index < -0.39 is 0 Å². The molecule has 2 heterocycles. The van der Waals surface area contributed by atoms with Crippen LogP contribution in [0.15, 0.2) is 11.4 Å². The molecule has 94 valence electrons. The number of thioether (sulfide) groups is 1. The van der Waals surface area contributed by atoms with Crippen LogP contribution in [0.4, 0.5) is 0 Å². The summed E-state index contributed by atoms with van der Waals surface area (Å²) in [4.78, 5) is 11.0. The zero-order valence-electron chi connectivity index (χ0n) is 10.6. The van der Waals surface area contributed by atoms with Gasteiger partial charge in [0.25, 0.3) is 0 Å². The predicted molar refractivity (Wildman–Crippen MR) is 77.3 cm³/mol. The van der Waals surface area contributed by atoms with E-state index in [9.17, 15) is 0 Å². The Morgan fingerprint density at radius 3 is 2.94 bits per heavy atom. The van der Waals surface area contributed by atoms with E-state index in [0.717, 1.165) is 15.6 Å². The van der Waals surface area contributed by atoms with Crippen LogP contribution in [-0.2, 0) is 4.74 Å². The molecule has 0 aromatic carbocycles. The summed E-state index contributed by atoms with van der Waals surface area (Å²) in [6.07, 6.45) is 1.63. The van der Waals surface area contributed by atoms with Crippen molar-refractivity contribution in [2.24, 2.45) is 0 Å². The number of rotatable bonds is 3. The average Bonchev–Trinajstić information content (AvgIpc) is 2.66. The first-order valence-corrected chi connectivity index (χ1v) is 7.32. The summed E-state index contributed by atoms with van der Waals surface area (Å²) in [5, 5.41) is 2.20. The van der Waals surface area contributed by atoms with Crippen LogP contribution in [-0.4, -0.2) is 29.4 Å². The molecule has 18 heavy (non-hydrogen) atoms. The van der Waals surface area contributed by atoms with Crippen molar-refractivity contribution in [1.29, 1.82) is 0 Å². The summed E-state index contributed by atoms with van der Waals surface area (Å²) >= 11 is 3.37. The van der Waals surface area contributed by atoms with Crippen molar-refractivity contribution in [2.75, 3.05) is 19.5 Å². The lowest BCUT2D eigenvalue weighted by Crippen LogP contribution is -1.87. The molecular weight excluding hydrogens is 264 g/mol. The summed E-state index contributed by atoms with van der Waals surface area (Å²) < 4.78 is 4.88. The minimum absolute atomic E-state index is 0.482. The van der Waals surface area contributed by atoms with Crippen LogP contribution in [0.25, 0.3) is 10.2 Å². The molecule has 0 aliphatic rings. The maximum atomic E-state index is 4.88. The van der Waals surface area contributed by atoms with Crippen molar-refractivity contribution >= 4 is 33.3 Å². The summed E-state index contributed by atoms with van der Waals surface area (Å²) in [5.74, 6) is 6.72. The van der Waals surface area contributed by atoms with E-state index in [4.69, 9.17) is 4.74 Å². The molecular formula is C13H14N2OS2. The third kappa shape index (κ3) is 2.83. The number of ether oxygens (including phenoxy) is 1. The van der Waals surface area contributed by atoms with Crippen molar-refractivity contribution in [1.82, 2.24) is 9.97 Å². The second-order valence-corrected chi connectivity index (χ2v) is 5.88. The Labute approximate surface area is 115 Å². The van der Waals surface area contributed by atoms with Gasteiger partial charge in [0.1, 0.15) is 22.8 Å². The minimum atomic E-state index is 0.482. The van der Waals surface area contributed by atoms with Crippen LogP contribution in [0, 0.1) is 25.7 Å². The highest BCUT2D eigenvalue weighted by molar-refractivity contribution is 7.99. The van der Waals surface area contributed by atoms with Crippen LogP contribution in [0.2, 0.25) is 0 Å². The van der Waals surface area contributed by atoms with Gasteiger partial charge in [-0.3, -0.25) is 0 Å². The standard InChI is InChI=1S/C13H14N2OS2/c1-9-10(2)18-13-11(9)12(14-8-15-13)17-7-5-4-6-16-3/h8H,6-7H2,1-3H3. The van der Waals surface area contributed by atoms with Crippen molar-refractivity contribution < 1.29 is 4.74 Å². The van der Waals surface area contributed by atoms with Gasteiger partial charge in [0.15, 0.2) is 0 Å². The Morgan fingerprint density at radius 2 is 2.17 bits per heavy atom. The number of methoxy groups -OCH3 is 1. The predicted octanol–water partition coefficient (Wildman–Crippen LogP) is 3.05. The molecule has 0 unspecified atom stereocenters. The Bertz CT molecular complexity index is 610. The van der Waals surface area contributed by atoms with Gasteiger partial charge in [0.2, 0.25) is 0 Å². The Kier molecular flexibility index (Phi) is 4.59. The zero-order chi connectivity index (χ0) is 13.0. The summed E-state index contributed by atoms with van der Waals surface area (Å²) in [7, 11) is 1.65. The molecule has 0 bridgehead atoms. The Balaban J connectivity index is 2.21. The molecule has 0 fully saturated rings. The molecule has 0 saturated heterocycles. The van der Waals surface area contributed by atoms with Gasteiger partial charge in [0, 0.05) is 17.4 Å². The normalized spacial score (nSPS) is 10.4. The molecule has 0 atom stereocenters. The van der Waals surface area contributed by atoms with E-state index in [0.29, 0.717) is 6.61 Å². The second kappa shape index (κ2) is 6.19. The Morgan fingerprint density at radius 1 is 1.33 bits per heavy atom. The van der Waals surface area contributed by atoms with Crippen LogP contribution in [0.3, 0.4) is 0 Å². The van der Waals surface area contributed by atoms with E-state index in [1.54, 1.807) is 36.5 Å². The number of nitrogens with zero attached hydrogens (tertiary/aromatic N) is 2. The van der Waals surface area contributed by atoms with Gasteiger partial charge in [-0.15, -0.1) is 11.3 Å². The fraction of sp³-hybridized carbons (Fsp3) is 0.385. The monoisotopic (exact) mass is 278 g/mol. The van der Waals surface area contributed by atoms with Gasteiger partial charge in [-0.1, -0.05) is 23.6 Å². The molecule has 2 rings (SSSR count). The van der Waals surface area contributed by atoms with Crippen molar-refractivity contribution in [2.45, 2.75) is 18.9 Å². The highest BCUT2D eigenvalue weighted by Gasteiger charge is 2.11. The summed E-state index contributed by atoms with van der Waals surface area (Å²) in [6.45, 7) is 4.73. The van der Waals surface area contributed by atoms with Crippen molar-refractivity contribution in [3.63, 3.8) is 0 Å². The van der Waals surface area contributed by atoms with Crippen LogP contribution >= 0.6 is 23.1 Å². The first-order chi connectivity index (χ1) is 8.74. The maximum absolute atomic E-state index is 4.88. The van der Waals surface area contributed by atoms with Crippen molar-refractivity contribution in [3.05, 3.63) is 16.8 Å². The highest BCUT2D eigenvalue weighted by Crippen LogP contribution is 2.34. The van der Waals surface area contributed by atoms with Crippen LogP contribution in [0.1, 0.15) is 10.4 Å². The third-order valence-electron chi connectivity index (χ3n) is 2.55. The lowest BCUT2D eigenvalue weighted by molar-refractivity contribution is 0.240. The lowest BCUT2D eigenvalue weighted by atomic mass is 10.2. The maximum Gasteiger partial charge on any atom is 0.128 e. The topological polar surface area (TPSA) is 35.0 Å². The first-order valence-electron chi connectivity index (χ1n) is 5.52. The number of fused-ring (bicyclic) bond motifs is 1. The molecule has 0 aliphatic heterocycles. The molecule has 2 aromatic rings. The quantitative estimate of drug-likeness (QED) is 0.491. The fourth-order valence-electron chi connectivity index (χ4n) is 1.54. The van der Waals surface area contributed by atoms with Crippen molar-refractivity contribution in [3.8, 4) is 11.8 Å². The number of hydrogen-bond donors (Lipinski definition) is 0. The molecule has 0 spiro atoms. The largest absolute Gasteiger partial charge is 0.372 e. The lowest BCUT2D eigenvalue weighted by Gasteiger charge is -1.99. The minimum Gasteiger partial charge on any atom is -0.372 e. The molecule has 0 saturated carbocycles. The molecule has 2 aromatic heterocycles. The zero-order valence-corrected chi connectivity index (χ0v) is 12.2. The number of aromatic nitrogens is 2. The molecule has 0 amide bonds. The average molecular weight is 278 g/mol. The van der Waals surface area contributed by atoms with E-state index in [2.05, 4.69) is 35.7 Å².